The molecular formula is C23H38O4. The van der Waals surface area contributed by atoms with Crippen LogP contribution in [0.4, 0.5) is 0 Å². The predicted octanol–water partition coefficient (Wildman–Crippen LogP) is 5.47. The van der Waals surface area contributed by atoms with Crippen molar-refractivity contribution in [2.24, 2.45) is 23.2 Å². The van der Waals surface area contributed by atoms with Crippen molar-refractivity contribution in [3.8, 4) is 0 Å². The molecule has 0 saturated carbocycles. The predicted molar refractivity (Wildman–Crippen MR) is 109 cm³/mol. The van der Waals surface area contributed by atoms with E-state index in [-0.39, 0.29) is 17.4 Å². The molecule has 0 heterocycles. The fourth-order valence-corrected chi connectivity index (χ4v) is 3.37. The van der Waals surface area contributed by atoms with Crippen LogP contribution >= 0.6 is 0 Å². The van der Waals surface area contributed by atoms with Gasteiger partial charge in [-0.1, -0.05) is 51.0 Å². The van der Waals surface area contributed by atoms with Crippen molar-refractivity contribution in [1.29, 1.82) is 0 Å². The SMILES string of the molecule is CCOC(=O)C1CC=C(C(C)CC/C=C(\C)C(C)(C)C)CC1C(=O)OCC. The van der Waals surface area contributed by atoms with E-state index in [1.165, 1.54) is 11.1 Å². The van der Waals surface area contributed by atoms with Crippen LogP contribution in [0.1, 0.15) is 74.1 Å². The van der Waals surface area contributed by atoms with Crippen molar-refractivity contribution >= 4 is 11.9 Å². The molecule has 4 nitrogen and oxygen atoms in total. The molecule has 0 aliphatic heterocycles. The lowest BCUT2D eigenvalue weighted by molar-refractivity contribution is -0.160. The molecule has 4 heteroatoms. The minimum absolute atomic E-state index is 0.204. The normalized spacial score (nSPS) is 22.0. The van der Waals surface area contributed by atoms with Gasteiger partial charge in [-0.15, -0.1) is 0 Å². The second-order valence-electron chi connectivity index (χ2n) is 8.55. The number of allylic oxidation sites excluding steroid dienone is 4. The molecule has 3 unspecified atom stereocenters. The molecule has 0 bridgehead atoms. The lowest BCUT2D eigenvalue weighted by Gasteiger charge is -2.30. The number of esters is 2. The van der Waals surface area contributed by atoms with Gasteiger partial charge in [-0.05, 0) is 57.8 Å². The summed E-state index contributed by atoms with van der Waals surface area (Å²) in [6, 6.07) is 0. The molecule has 0 N–H and O–H groups in total. The molecular weight excluding hydrogens is 340 g/mol. The van der Waals surface area contributed by atoms with E-state index in [4.69, 9.17) is 9.47 Å². The molecule has 0 spiro atoms. The highest BCUT2D eigenvalue weighted by Crippen LogP contribution is 2.36. The molecule has 0 amide bonds. The summed E-state index contributed by atoms with van der Waals surface area (Å²) in [5.41, 5.74) is 2.87. The Morgan fingerprint density at radius 1 is 1.15 bits per heavy atom. The third kappa shape index (κ3) is 7.15. The Bertz CT molecular complexity index is 565. The van der Waals surface area contributed by atoms with E-state index < -0.39 is 11.8 Å². The summed E-state index contributed by atoms with van der Waals surface area (Å²) in [6.45, 7) is 15.3. The average Bonchev–Trinajstić information content (AvgIpc) is 2.60. The van der Waals surface area contributed by atoms with Gasteiger partial charge in [0.05, 0.1) is 25.0 Å². The maximum atomic E-state index is 12.4. The molecule has 0 aromatic carbocycles. The zero-order chi connectivity index (χ0) is 20.6. The average molecular weight is 379 g/mol. The molecule has 1 aliphatic rings. The highest BCUT2D eigenvalue weighted by Gasteiger charge is 2.38. The van der Waals surface area contributed by atoms with Gasteiger partial charge < -0.3 is 9.47 Å². The van der Waals surface area contributed by atoms with Crippen molar-refractivity contribution in [2.75, 3.05) is 13.2 Å². The van der Waals surface area contributed by atoms with E-state index in [9.17, 15) is 9.59 Å². The standard InChI is InChI=1S/C23H38O4/c1-8-26-21(24)19-14-13-18(15-20(19)22(25)27-9-2)16(3)11-10-12-17(4)23(5,6)7/h12-13,16,19-20H,8-11,14-15H2,1-7H3/b17-12+. The Morgan fingerprint density at radius 3 is 2.22 bits per heavy atom. The van der Waals surface area contributed by atoms with Crippen LogP contribution in [0.2, 0.25) is 0 Å². The quantitative estimate of drug-likeness (QED) is 0.415. The van der Waals surface area contributed by atoms with Gasteiger partial charge in [0, 0.05) is 0 Å². The first-order valence-corrected chi connectivity index (χ1v) is 10.3. The van der Waals surface area contributed by atoms with Crippen LogP contribution in [-0.2, 0) is 19.1 Å². The van der Waals surface area contributed by atoms with Crippen LogP contribution in [-0.4, -0.2) is 25.2 Å². The van der Waals surface area contributed by atoms with E-state index >= 15 is 0 Å². The zero-order valence-corrected chi connectivity index (χ0v) is 18.3. The van der Waals surface area contributed by atoms with Gasteiger partial charge in [0.1, 0.15) is 0 Å². The summed E-state index contributed by atoms with van der Waals surface area (Å²) in [5.74, 6) is -1.05. The minimum Gasteiger partial charge on any atom is -0.466 e. The van der Waals surface area contributed by atoms with Crippen LogP contribution < -0.4 is 0 Å². The van der Waals surface area contributed by atoms with Gasteiger partial charge in [0.15, 0.2) is 0 Å². The van der Waals surface area contributed by atoms with Crippen LogP contribution in [0, 0.1) is 23.2 Å². The Balaban J connectivity index is 2.81. The highest BCUT2D eigenvalue weighted by molar-refractivity contribution is 5.83. The lowest BCUT2D eigenvalue weighted by Crippen LogP contribution is -2.35. The number of carbonyl (C=O) groups is 2. The highest BCUT2D eigenvalue weighted by atomic mass is 16.5. The fraction of sp³-hybridized carbons (Fsp3) is 0.739. The summed E-state index contributed by atoms with van der Waals surface area (Å²) in [4.78, 5) is 24.7. The van der Waals surface area contributed by atoms with E-state index in [1.54, 1.807) is 13.8 Å². The molecule has 27 heavy (non-hydrogen) atoms. The van der Waals surface area contributed by atoms with E-state index in [1.807, 2.05) is 0 Å². The Hall–Kier alpha value is -1.58. The maximum absolute atomic E-state index is 12.4. The number of hydrogen-bond donors (Lipinski definition) is 0. The third-order valence-corrected chi connectivity index (χ3v) is 5.62. The van der Waals surface area contributed by atoms with Gasteiger partial charge in [-0.2, -0.15) is 0 Å². The summed E-state index contributed by atoms with van der Waals surface area (Å²) in [5, 5.41) is 0. The van der Waals surface area contributed by atoms with Crippen molar-refractivity contribution in [3.63, 3.8) is 0 Å². The minimum atomic E-state index is -0.432. The summed E-state index contributed by atoms with van der Waals surface area (Å²) in [7, 11) is 0. The van der Waals surface area contributed by atoms with Gasteiger partial charge in [0.2, 0.25) is 0 Å². The molecule has 0 radical (unpaired) electrons. The first-order valence-electron chi connectivity index (χ1n) is 10.3. The Morgan fingerprint density at radius 2 is 1.70 bits per heavy atom. The van der Waals surface area contributed by atoms with Crippen LogP contribution in [0.5, 0.6) is 0 Å². The Kier molecular flexibility index (Phi) is 9.28. The molecule has 1 rings (SSSR count). The molecule has 0 saturated heterocycles. The Labute approximate surface area is 165 Å². The smallest absolute Gasteiger partial charge is 0.310 e. The van der Waals surface area contributed by atoms with Crippen molar-refractivity contribution in [2.45, 2.75) is 74.1 Å². The first-order chi connectivity index (χ1) is 12.6. The number of hydrogen-bond acceptors (Lipinski definition) is 4. The van der Waals surface area contributed by atoms with Gasteiger partial charge in [0.25, 0.3) is 0 Å². The zero-order valence-electron chi connectivity index (χ0n) is 18.3. The second-order valence-corrected chi connectivity index (χ2v) is 8.55. The molecule has 0 fully saturated rings. The van der Waals surface area contributed by atoms with Crippen molar-refractivity contribution < 1.29 is 19.1 Å². The number of rotatable bonds is 8. The summed E-state index contributed by atoms with van der Waals surface area (Å²) < 4.78 is 10.4. The van der Waals surface area contributed by atoms with Gasteiger partial charge in [-0.25, -0.2) is 0 Å². The largest absolute Gasteiger partial charge is 0.466 e. The molecule has 1 aliphatic carbocycles. The third-order valence-electron chi connectivity index (χ3n) is 5.62. The number of carbonyl (C=O) groups excluding carboxylic acids is 2. The second kappa shape index (κ2) is 10.7. The van der Waals surface area contributed by atoms with Crippen LogP contribution in [0.3, 0.4) is 0 Å². The summed E-state index contributed by atoms with van der Waals surface area (Å²) in [6.07, 6.45) is 7.67. The molecule has 154 valence electrons. The molecule has 0 aromatic rings. The van der Waals surface area contributed by atoms with Crippen LogP contribution in [0.15, 0.2) is 23.3 Å². The van der Waals surface area contributed by atoms with Gasteiger partial charge >= 0.3 is 11.9 Å². The van der Waals surface area contributed by atoms with Gasteiger partial charge in [-0.3, -0.25) is 9.59 Å². The molecule has 3 atom stereocenters. The van der Waals surface area contributed by atoms with E-state index in [0.717, 1.165) is 12.8 Å². The van der Waals surface area contributed by atoms with Crippen molar-refractivity contribution in [3.05, 3.63) is 23.3 Å². The maximum Gasteiger partial charge on any atom is 0.310 e. The fourth-order valence-electron chi connectivity index (χ4n) is 3.37. The molecule has 0 aromatic heterocycles. The van der Waals surface area contributed by atoms with Crippen molar-refractivity contribution in [1.82, 2.24) is 0 Å². The van der Waals surface area contributed by atoms with E-state index in [2.05, 4.69) is 46.8 Å². The van der Waals surface area contributed by atoms with Crippen LogP contribution in [0.25, 0.3) is 0 Å². The number of ether oxygens (including phenoxy) is 2. The lowest BCUT2D eigenvalue weighted by atomic mass is 9.75. The van der Waals surface area contributed by atoms with E-state index in [0.29, 0.717) is 32.0 Å². The summed E-state index contributed by atoms with van der Waals surface area (Å²) >= 11 is 0. The monoisotopic (exact) mass is 378 g/mol. The first kappa shape index (κ1) is 23.5. The topological polar surface area (TPSA) is 52.6 Å².